The van der Waals surface area contributed by atoms with Crippen LogP contribution in [0.2, 0.25) is 0 Å². The molecule has 2 rings (SSSR count). The normalized spacial score (nSPS) is 11.1. The van der Waals surface area contributed by atoms with Crippen molar-refractivity contribution in [2.75, 3.05) is 12.4 Å². The largest absolute Gasteiger partial charge is 0.490 e. The summed E-state index contributed by atoms with van der Waals surface area (Å²) in [6, 6.07) is 6.62. The zero-order valence-corrected chi connectivity index (χ0v) is 12.9. The first kappa shape index (κ1) is 15.8. The van der Waals surface area contributed by atoms with E-state index in [1.807, 2.05) is 4.57 Å². The molecule has 0 aliphatic rings. The van der Waals surface area contributed by atoms with Crippen molar-refractivity contribution in [1.82, 2.24) is 14.8 Å². The lowest BCUT2D eigenvalue weighted by atomic mass is 10.3. The van der Waals surface area contributed by atoms with Crippen molar-refractivity contribution < 1.29 is 9.13 Å². The quantitative estimate of drug-likeness (QED) is 0.629. The molecule has 1 aromatic heterocycles. The molecule has 0 atom stereocenters. The summed E-state index contributed by atoms with van der Waals surface area (Å²) < 4.78 is 20.8. The average Bonchev–Trinajstić information content (AvgIpc) is 2.88. The Morgan fingerprint density at radius 1 is 1.33 bits per heavy atom. The van der Waals surface area contributed by atoms with E-state index in [-0.39, 0.29) is 17.6 Å². The van der Waals surface area contributed by atoms with Crippen LogP contribution in [-0.2, 0) is 6.54 Å². The summed E-state index contributed by atoms with van der Waals surface area (Å²) in [5.41, 5.74) is 5.65. The highest BCUT2D eigenvalue weighted by atomic mass is 32.2. The van der Waals surface area contributed by atoms with Crippen molar-refractivity contribution in [2.24, 2.45) is 5.73 Å². The van der Waals surface area contributed by atoms with Crippen LogP contribution in [0.25, 0.3) is 0 Å². The van der Waals surface area contributed by atoms with Gasteiger partial charge in [0.05, 0.1) is 13.2 Å². The maximum Gasteiger partial charge on any atom is 0.191 e. The van der Waals surface area contributed by atoms with Gasteiger partial charge in [0.1, 0.15) is 5.82 Å². The summed E-state index contributed by atoms with van der Waals surface area (Å²) in [4.78, 5) is 0. The lowest BCUT2D eigenvalue weighted by Gasteiger charge is -2.13. The van der Waals surface area contributed by atoms with Gasteiger partial charge in [-0.05, 0) is 26.0 Å². The Balaban J connectivity index is 1.89. The Hall–Kier alpha value is -1.60. The molecule has 1 aromatic carbocycles. The molecular weight excluding hydrogens is 291 g/mol. The molecule has 0 aliphatic carbocycles. The first-order valence-corrected chi connectivity index (χ1v) is 7.76. The molecule has 5 nitrogen and oxygen atoms in total. The highest BCUT2D eigenvalue weighted by Gasteiger charge is 2.13. The number of rotatable bonds is 7. The number of thioether (sulfide) groups is 1. The molecule has 0 saturated carbocycles. The van der Waals surface area contributed by atoms with Crippen LogP contribution in [0, 0.1) is 5.82 Å². The van der Waals surface area contributed by atoms with E-state index in [9.17, 15) is 4.39 Å². The SMILES string of the molecule is CC(C)n1c(CN)nnc1SCCOc1ccccc1F. The van der Waals surface area contributed by atoms with Gasteiger partial charge in [-0.15, -0.1) is 10.2 Å². The van der Waals surface area contributed by atoms with Gasteiger partial charge in [-0.1, -0.05) is 23.9 Å². The highest BCUT2D eigenvalue weighted by Crippen LogP contribution is 2.22. The number of ether oxygens (including phenoxy) is 1. The van der Waals surface area contributed by atoms with Crippen LogP contribution in [0.1, 0.15) is 25.7 Å². The molecule has 7 heteroatoms. The van der Waals surface area contributed by atoms with Crippen LogP contribution in [0.15, 0.2) is 29.4 Å². The summed E-state index contributed by atoms with van der Waals surface area (Å²) in [7, 11) is 0. The first-order valence-electron chi connectivity index (χ1n) is 6.77. The summed E-state index contributed by atoms with van der Waals surface area (Å²) in [6.45, 7) is 4.87. The number of aromatic nitrogens is 3. The number of para-hydroxylation sites is 1. The maximum absolute atomic E-state index is 13.4. The van der Waals surface area contributed by atoms with Crippen LogP contribution in [0.4, 0.5) is 4.39 Å². The monoisotopic (exact) mass is 310 g/mol. The van der Waals surface area contributed by atoms with Gasteiger partial charge < -0.3 is 15.0 Å². The third-order valence-corrected chi connectivity index (χ3v) is 3.75. The van der Waals surface area contributed by atoms with E-state index in [0.29, 0.717) is 18.9 Å². The van der Waals surface area contributed by atoms with Gasteiger partial charge in [0.25, 0.3) is 0 Å². The van der Waals surface area contributed by atoms with Gasteiger partial charge in [0.2, 0.25) is 0 Å². The third kappa shape index (κ3) is 3.95. The molecule has 2 N–H and O–H groups in total. The molecule has 1 heterocycles. The second-order valence-corrected chi connectivity index (χ2v) is 5.76. The topological polar surface area (TPSA) is 66.0 Å². The standard InChI is InChI=1S/C14H19FN4OS/c1-10(2)19-13(9-16)17-18-14(19)21-8-7-20-12-6-4-3-5-11(12)15/h3-6,10H,7-9,16H2,1-2H3. The molecule has 2 aromatic rings. The van der Waals surface area contributed by atoms with Gasteiger partial charge in [-0.25, -0.2) is 4.39 Å². The molecule has 0 fully saturated rings. The van der Waals surface area contributed by atoms with Gasteiger partial charge in [-0.2, -0.15) is 0 Å². The van der Waals surface area contributed by atoms with E-state index < -0.39 is 0 Å². The minimum atomic E-state index is -0.349. The fraction of sp³-hybridized carbons (Fsp3) is 0.429. The van der Waals surface area contributed by atoms with E-state index >= 15 is 0 Å². The Morgan fingerprint density at radius 2 is 2.10 bits per heavy atom. The fourth-order valence-corrected chi connectivity index (χ4v) is 2.81. The summed E-state index contributed by atoms with van der Waals surface area (Å²) >= 11 is 1.52. The lowest BCUT2D eigenvalue weighted by Crippen LogP contribution is -2.12. The fourth-order valence-electron chi connectivity index (χ4n) is 1.91. The first-order chi connectivity index (χ1) is 10.1. The van der Waals surface area contributed by atoms with Crippen molar-refractivity contribution in [3.05, 3.63) is 35.9 Å². The van der Waals surface area contributed by atoms with Crippen LogP contribution < -0.4 is 10.5 Å². The molecule has 0 unspecified atom stereocenters. The van der Waals surface area contributed by atoms with Crippen LogP contribution in [0.5, 0.6) is 5.75 Å². The molecule has 0 radical (unpaired) electrons. The predicted octanol–water partition coefficient (Wildman–Crippen LogP) is 2.63. The van der Waals surface area contributed by atoms with Crippen molar-refractivity contribution in [3.8, 4) is 5.75 Å². The van der Waals surface area contributed by atoms with E-state index in [2.05, 4.69) is 24.0 Å². The van der Waals surface area contributed by atoms with E-state index in [4.69, 9.17) is 10.5 Å². The van der Waals surface area contributed by atoms with Crippen molar-refractivity contribution >= 4 is 11.8 Å². The van der Waals surface area contributed by atoms with Gasteiger partial charge in [0.15, 0.2) is 16.7 Å². The lowest BCUT2D eigenvalue weighted by molar-refractivity contribution is 0.324. The minimum absolute atomic E-state index is 0.244. The van der Waals surface area contributed by atoms with Crippen LogP contribution in [-0.4, -0.2) is 27.1 Å². The van der Waals surface area contributed by atoms with Crippen molar-refractivity contribution in [2.45, 2.75) is 31.6 Å². The number of benzene rings is 1. The second kappa shape index (κ2) is 7.42. The van der Waals surface area contributed by atoms with Crippen LogP contribution >= 0.6 is 11.8 Å². The van der Waals surface area contributed by atoms with Crippen LogP contribution in [0.3, 0.4) is 0 Å². The number of hydrogen-bond donors (Lipinski definition) is 1. The Kier molecular flexibility index (Phi) is 5.58. The summed E-state index contributed by atoms with van der Waals surface area (Å²) in [6.07, 6.45) is 0. The number of hydrogen-bond acceptors (Lipinski definition) is 5. The van der Waals surface area contributed by atoms with E-state index in [1.165, 1.54) is 17.8 Å². The van der Waals surface area contributed by atoms with E-state index in [0.717, 1.165) is 11.0 Å². The molecule has 0 spiro atoms. The molecule has 0 aliphatic heterocycles. The van der Waals surface area contributed by atoms with Gasteiger partial charge >= 0.3 is 0 Å². The van der Waals surface area contributed by atoms with Gasteiger partial charge in [-0.3, -0.25) is 0 Å². The number of nitrogens with two attached hydrogens (primary N) is 1. The minimum Gasteiger partial charge on any atom is -0.490 e. The molecule has 0 saturated heterocycles. The highest BCUT2D eigenvalue weighted by molar-refractivity contribution is 7.99. The smallest absolute Gasteiger partial charge is 0.191 e. The zero-order chi connectivity index (χ0) is 15.2. The molecule has 114 valence electrons. The zero-order valence-electron chi connectivity index (χ0n) is 12.1. The average molecular weight is 310 g/mol. The maximum atomic E-state index is 13.4. The summed E-state index contributed by atoms with van der Waals surface area (Å²) in [5, 5.41) is 9.02. The predicted molar refractivity (Wildman–Crippen MR) is 80.9 cm³/mol. The molecule has 0 bridgehead atoms. The molecular formula is C14H19FN4OS. The van der Waals surface area contributed by atoms with Gasteiger partial charge in [0, 0.05) is 11.8 Å². The van der Waals surface area contributed by atoms with Crippen molar-refractivity contribution in [1.29, 1.82) is 0 Å². The Bertz CT molecular complexity index is 588. The number of nitrogens with zero attached hydrogens (tertiary/aromatic N) is 3. The number of halogens is 1. The second-order valence-electron chi connectivity index (χ2n) is 4.69. The Morgan fingerprint density at radius 3 is 2.76 bits per heavy atom. The van der Waals surface area contributed by atoms with Crippen molar-refractivity contribution in [3.63, 3.8) is 0 Å². The van der Waals surface area contributed by atoms with E-state index in [1.54, 1.807) is 18.2 Å². The Labute approximate surface area is 127 Å². The summed E-state index contributed by atoms with van der Waals surface area (Å²) in [5.74, 6) is 1.34. The third-order valence-electron chi connectivity index (χ3n) is 2.84. The molecule has 0 amide bonds. The molecule has 21 heavy (non-hydrogen) atoms.